The average Bonchev–Trinajstić information content (AvgIpc) is 2.83. The van der Waals surface area contributed by atoms with Crippen molar-refractivity contribution in [2.45, 2.75) is 32.6 Å². The summed E-state index contributed by atoms with van der Waals surface area (Å²) in [5.41, 5.74) is 4.24. The van der Waals surface area contributed by atoms with Crippen LogP contribution in [-0.4, -0.2) is 41.1 Å². The zero-order chi connectivity index (χ0) is 25.6. The van der Waals surface area contributed by atoms with Gasteiger partial charge in [-0.3, -0.25) is 9.10 Å². The second-order valence-electron chi connectivity index (χ2n) is 8.40. The van der Waals surface area contributed by atoms with Crippen molar-refractivity contribution < 1.29 is 22.7 Å². The Balaban J connectivity index is 1.79. The number of hydrogen-bond donors (Lipinski definition) is 1. The zero-order valence-electron chi connectivity index (χ0n) is 20.8. The second kappa shape index (κ2) is 11.3. The Labute approximate surface area is 207 Å². The number of sulfonamides is 1. The van der Waals surface area contributed by atoms with Gasteiger partial charge in [0.05, 0.1) is 24.2 Å². The van der Waals surface area contributed by atoms with Gasteiger partial charge in [-0.2, -0.15) is 0 Å². The molecule has 0 heterocycles. The van der Waals surface area contributed by atoms with E-state index >= 15 is 0 Å². The molecule has 8 heteroatoms. The summed E-state index contributed by atoms with van der Waals surface area (Å²) >= 11 is 0. The number of amides is 1. The first kappa shape index (κ1) is 26.1. The quantitative estimate of drug-likeness (QED) is 0.423. The highest BCUT2D eigenvalue weighted by Crippen LogP contribution is 2.33. The van der Waals surface area contributed by atoms with E-state index in [4.69, 9.17) is 9.47 Å². The molecule has 0 unspecified atom stereocenters. The molecule has 0 bridgehead atoms. The fourth-order valence-electron chi connectivity index (χ4n) is 3.55. The third-order valence-corrected chi connectivity index (χ3v) is 7.51. The van der Waals surface area contributed by atoms with E-state index in [9.17, 15) is 13.2 Å². The van der Waals surface area contributed by atoms with E-state index in [1.807, 2.05) is 52.0 Å². The minimum Gasteiger partial charge on any atom is -0.495 e. The summed E-state index contributed by atoms with van der Waals surface area (Å²) in [5, 5.41) is 2.76. The van der Waals surface area contributed by atoms with Gasteiger partial charge in [0, 0.05) is 0 Å². The third kappa shape index (κ3) is 6.33. The summed E-state index contributed by atoms with van der Waals surface area (Å²) in [4.78, 5) is 13.0. The van der Waals surface area contributed by atoms with Crippen LogP contribution in [0.25, 0.3) is 0 Å². The molecule has 1 N–H and O–H groups in total. The third-order valence-electron chi connectivity index (χ3n) is 5.74. The van der Waals surface area contributed by atoms with Gasteiger partial charge in [0.1, 0.15) is 24.7 Å². The lowest BCUT2D eigenvalue weighted by molar-refractivity contribution is -0.119. The molecule has 35 heavy (non-hydrogen) atoms. The van der Waals surface area contributed by atoms with E-state index in [-0.39, 0.29) is 18.0 Å². The van der Waals surface area contributed by atoms with E-state index in [1.165, 1.54) is 19.2 Å². The van der Waals surface area contributed by atoms with Crippen molar-refractivity contribution in [3.8, 4) is 11.5 Å². The van der Waals surface area contributed by atoms with Gasteiger partial charge in [-0.05, 0) is 74.7 Å². The minimum atomic E-state index is -4.04. The van der Waals surface area contributed by atoms with Crippen LogP contribution < -0.4 is 19.1 Å². The van der Waals surface area contributed by atoms with Gasteiger partial charge in [-0.1, -0.05) is 35.9 Å². The van der Waals surface area contributed by atoms with Crippen molar-refractivity contribution in [2.75, 3.05) is 31.1 Å². The van der Waals surface area contributed by atoms with Crippen molar-refractivity contribution >= 4 is 21.6 Å². The number of rotatable bonds is 10. The zero-order valence-corrected chi connectivity index (χ0v) is 21.6. The van der Waals surface area contributed by atoms with Crippen molar-refractivity contribution in [3.05, 3.63) is 82.9 Å². The number of anilines is 1. The Morgan fingerprint density at radius 1 is 0.914 bits per heavy atom. The minimum absolute atomic E-state index is 0.0951. The number of hydrogen-bond acceptors (Lipinski definition) is 5. The molecule has 3 aromatic carbocycles. The lowest BCUT2D eigenvalue weighted by Crippen LogP contribution is -2.42. The summed E-state index contributed by atoms with van der Waals surface area (Å²) < 4.78 is 39.5. The molecule has 0 saturated heterocycles. The Morgan fingerprint density at radius 2 is 1.60 bits per heavy atom. The van der Waals surface area contributed by atoms with Crippen molar-refractivity contribution in [1.82, 2.24) is 5.32 Å². The fraction of sp³-hybridized carbons (Fsp3) is 0.296. The summed E-state index contributed by atoms with van der Waals surface area (Å²) in [6.07, 6.45) is 0. The van der Waals surface area contributed by atoms with E-state index in [2.05, 4.69) is 5.32 Å². The number of carbonyl (C=O) groups is 1. The molecule has 0 atom stereocenters. The van der Waals surface area contributed by atoms with Gasteiger partial charge in [-0.25, -0.2) is 8.42 Å². The fourth-order valence-corrected chi connectivity index (χ4v) is 4.97. The van der Waals surface area contributed by atoms with Crippen LogP contribution in [0.5, 0.6) is 11.5 Å². The Morgan fingerprint density at radius 3 is 2.29 bits per heavy atom. The number of nitrogens with one attached hydrogen (secondary N) is 1. The van der Waals surface area contributed by atoms with Gasteiger partial charge in [-0.15, -0.1) is 0 Å². The Kier molecular flexibility index (Phi) is 8.40. The van der Waals surface area contributed by atoms with Crippen molar-refractivity contribution in [3.63, 3.8) is 0 Å². The van der Waals surface area contributed by atoms with Gasteiger partial charge in [0.2, 0.25) is 5.91 Å². The summed E-state index contributed by atoms with van der Waals surface area (Å²) in [7, 11) is -2.57. The lowest BCUT2D eigenvalue weighted by atomic mass is 10.1. The molecule has 0 aliphatic heterocycles. The number of nitrogens with zero attached hydrogens (tertiary/aromatic N) is 1. The maximum atomic E-state index is 13.6. The van der Waals surface area contributed by atoms with Crippen LogP contribution in [0.4, 0.5) is 5.69 Å². The monoisotopic (exact) mass is 496 g/mol. The van der Waals surface area contributed by atoms with Gasteiger partial charge >= 0.3 is 0 Å². The first-order valence-corrected chi connectivity index (χ1v) is 12.8. The SMILES string of the molecule is COc1ccc(C)cc1N(CC(=O)NCCOc1cccc(C)c1C)S(=O)(=O)c1ccc(C)cc1. The van der Waals surface area contributed by atoms with E-state index in [0.717, 1.165) is 32.3 Å². The molecule has 0 aliphatic rings. The summed E-state index contributed by atoms with van der Waals surface area (Å²) in [6, 6.07) is 17.5. The van der Waals surface area contributed by atoms with Crippen LogP contribution in [0.15, 0.2) is 65.6 Å². The molecule has 1 amide bonds. The normalized spacial score (nSPS) is 11.1. The standard InChI is InChI=1S/C27H32N2O5S/c1-19-9-12-23(13-10-19)35(31,32)29(24-17-20(2)11-14-26(24)33-5)18-27(30)28-15-16-34-25-8-6-7-21(3)22(25)4/h6-14,17H,15-16,18H2,1-5H3,(H,28,30). The molecular formula is C27H32N2O5S. The van der Waals surface area contributed by atoms with Gasteiger partial charge < -0.3 is 14.8 Å². The topological polar surface area (TPSA) is 84.9 Å². The first-order chi connectivity index (χ1) is 16.6. The highest BCUT2D eigenvalue weighted by Gasteiger charge is 2.29. The highest BCUT2D eigenvalue weighted by atomic mass is 32.2. The molecule has 0 radical (unpaired) electrons. The number of benzene rings is 3. The van der Waals surface area contributed by atoms with Crippen molar-refractivity contribution in [1.29, 1.82) is 0 Å². The van der Waals surface area contributed by atoms with Crippen LogP contribution in [0, 0.1) is 27.7 Å². The molecule has 0 saturated carbocycles. The maximum Gasteiger partial charge on any atom is 0.264 e. The molecule has 0 aliphatic carbocycles. The molecule has 3 rings (SSSR count). The molecule has 186 valence electrons. The van der Waals surface area contributed by atoms with Crippen molar-refractivity contribution in [2.24, 2.45) is 0 Å². The molecule has 3 aromatic rings. The Hall–Kier alpha value is -3.52. The van der Waals surface area contributed by atoms with E-state index in [0.29, 0.717) is 11.4 Å². The molecular weight excluding hydrogens is 464 g/mol. The number of aryl methyl sites for hydroxylation is 3. The van der Waals surface area contributed by atoms with E-state index in [1.54, 1.807) is 24.3 Å². The number of ether oxygens (including phenoxy) is 2. The maximum absolute atomic E-state index is 13.6. The van der Waals surface area contributed by atoms with Crippen LogP contribution in [0.3, 0.4) is 0 Å². The lowest BCUT2D eigenvalue weighted by Gasteiger charge is -2.26. The Bertz CT molecular complexity index is 1290. The number of methoxy groups -OCH3 is 1. The average molecular weight is 497 g/mol. The molecule has 0 spiro atoms. The largest absolute Gasteiger partial charge is 0.495 e. The van der Waals surface area contributed by atoms with Crippen LogP contribution in [0.1, 0.15) is 22.3 Å². The van der Waals surface area contributed by atoms with Crippen LogP contribution in [0.2, 0.25) is 0 Å². The molecule has 0 aromatic heterocycles. The predicted octanol–water partition coefficient (Wildman–Crippen LogP) is 4.32. The van der Waals surface area contributed by atoms with Crippen LogP contribution >= 0.6 is 0 Å². The van der Waals surface area contributed by atoms with Gasteiger partial charge in [0.15, 0.2) is 0 Å². The van der Waals surface area contributed by atoms with Crippen LogP contribution in [-0.2, 0) is 14.8 Å². The molecule has 0 fully saturated rings. The summed E-state index contributed by atoms with van der Waals surface area (Å²) in [6.45, 7) is 7.80. The predicted molar refractivity (Wildman–Crippen MR) is 138 cm³/mol. The second-order valence-corrected chi connectivity index (χ2v) is 10.3. The van der Waals surface area contributed by atoms with E-state index < -0.39 is 22.5 Å². The first-order valence-electron chi connectivity index (χ1n) is 11.3. The molecule has 7 nitrogen and oxygen atoms in total. The smallest absolute Gasteiger partial charge is 0.264 e. The van der Waals surface area contributed by atoms with Gasteiger partial charge in [0.25, 0.3) is 10.0 Å². The number of carbonyl (C=O) groups excluding carboxylic acids is 1. The summed E-state index contributed by atoms with van der Waals surface area (Å²) in [5.74, 6) is 0.665. The highest BCUT2D eigenvalue weighted by molar-refractivity contribution is 7.92.